The average molecular weight is 293 g/mol. The monoisotopic (exact) mass is 292 g/mol. The molecule has 20 heavy (non-hydrogen) atoms. The number of carbonyl (C=O) groups excluding carboxylic acids is 1. The summed E-state index contributed by atoms with van der Waals surface area (Å²) in [6.45, 7) is 2.02. The highest BCUT2D eigenvalue weighted by atomic mass is 35.5. The number of halogens is 2. The van der Waals surface area contributed by atoms with Crippen LogP contribution in [0.2, 0.25) is 5.15 Å². The first-order chi connectivity index (χ1) is 9.58. The summed E-state index contributed by atoms with van der Waals surface area (Å²) < 4.78 is 13.1. The normalized spacial score (nSPS) is 10.3. The van der Waals surface area contributed by atoms with Crippen LogP contribution in [-0.4, -0.2) is 10.9 Å². The van der Waals surface area contributed by atoms with Crippen molar-refractivity contribution in [2.45, 2.75) is 19.8 Å². The number of nitrogens with one attached hydrogen (secondary N) is 1. The van der Waals surface area contributed by atoms with E-state index in [2.05, 4.69) is 10.3 Å². The average Bonchev–Trinajstić information content (AvgIpc) is 2.38. The molecule has 0 unspecified atom stereocenters. The third kappa shape index (κ3) is 3.78. The maximum Gasteiger partial charge on any atom is 0.255 e. The lowest BCUT2D eigenvalue weighted by molar-refractivity contribution is 0.102. The van der Waals surface area contributed by atoms with E-state index >= 15 is 0 Å². The van der Waals surface area contributed by atoms with Crippen molar-refractivity contribution in [3.05, 3.63) is 58.6 Å². The number of hydrogen-bond acceptors (Lipinski definition) is 2. The lowest BCUT2D eigenvalue weighted by Crippen LogP contribution is -2.13. The summed E-state index contributed by atoms with van der Waals surface area (Å²) in [4.78, 5) is 16.3. The van der Waals surface area contributed by atoms with Gasteiger partial charge in [0, 0.05) is 16.9 Å². The number of aromatic nitrogens is 1. The van der Waals surface area contributed by atoms with E-state index in [1.165, 1.54) is 24.3 Å². The van der Waals surface area contributed by atoms with Gasteiger partial charge in [-0.25, -0.2) is 9.37 Å². The van der Waals surface area contributed by atoms with Crippen molar-refractivity contribution in [3.63, 3.8) is 0 Å². The van der Waals surface area contributed by atoms with Gasteiger partial charge in [0.05, 0.1) is 0 Å². The number of aryl methyl sites for hydroxylation is 1. The molecule has 3 nitrogen and oxygen atoms in total. The molecule has 104 valence electrons. The van der Waals surface area contributed by atoms with Crippen molar-refractivity contribution in [2.24, 2.45) is 0 Å². The fourth-order valence-corrected chi connectivity index (χ4v) is 2.06. The first-order valence-electron chi connectivity index (χ1n) is 6.32. The molecule has 1 amide bonds. The molecule has 0 saturated heterocycles. The minimum absolute atomic E-state index is 0.278. The zero-order valence-corrected chi connectivity index (χ0v) is 11.7. The first-order valence-corrected chi connectivity index (χ1v) is 6.69. The maximum atomic E-state index is 13.1. The van der Waals surface area contributed by atoms with E-state index in [0.717, 1.165) is 18.5 Å². The van der Waals surface area contributed by atoms with Crippen LogP contribution < -0.4 is 5.32 Å². The molecule has 0 aliphatic rings. The number of anilines is 1. The van der Waals surface area contributed by atoms with Crippen LogP contribution in [0.4, 0.5) is 10.1 Å². The zero-order chi connectivity index (χ0) is 14.5. The van der Waals surface area contributed by atoms with Crippen LogP contribution in [0.1, 0.15) is 29.4 Å². The maximum absolute atomic E-state index is 13.1. The van der Waals surface area contributed by atoms with Crippen molar-refractivity contribution in [3.8, 4) is 0 Å². The molecule has 1 aromatic heterocycles. The Bertz CT molecular complexity index is 631. The molecule has 2 rings (SSSR count). The summed E-state index contributed by atoms with van der Waals surface area (Å²) in [5.41, 5.74) is 1.59. The molecule has 5 heteroatoms. The fourth-order valence-electron chi connectivity index (χ4n) is 1.84. The van der Waals surface area contributed by atoms with Crippen molar-refractivity contribution in [1.82, 2.24) is 4.98 Å². The molecule has 1 heterocycles. The quantitative estimate of drug-likeness (QED) is 0.863. The van der Waals surface area contributed by atoms with E-state index < -0.39 is 5.82 Å². The third-order valence-electron chi connectivity index (χ3n) is 2.70. The highest BCUT2D eigenvalue weighted by Gasteiger charge is 2.10. The van der Waals surface area contributed by atoms with E-state index in [1.807, 2.05) is 6.92 Å². The molecule has 0 atom stereocenters. The van der Waals surface area contributed by atoms with Gasteiger partial charge in [-0.05, 0) is 36.8 Å². The van der Waals surface area contributed by atoms with Crippen molar-refractivity contribution in [1.29, 1.82) is 0 Å². The summed E-state index contributed by atoms with van der Waals surface area (Å²) >= 11 is 5.91. The standard InChI is InChI=1S/C15H14ClFN2O/c1-2-4-12-7-10(8-14(16)18-12)15(20)19-13-6-3-5-11(17)9-13/h3,5-9H,2,4H2,1H3,(H,19,20). The lowest BCUT2D eigenvalue weighted by Gasteiger charge is -2.07. The molecule has 1 aromatic carbocycles. The second-order valence-electron chi connectivity index (χ2n) is 4.38. The number of amides is 1. The molecule has 0 bridgehead atoms. The van der Waals surface area contributed by atoms with Crippen LogP contribution in [-0.2, 0) is 6.42 Å². The number of hydrogen-bond donors (Lipinski definition) is 1. The molecular weight excluding hydrogens is 279 g/mol. The Balaban J connectivity index is 2.20. The summed E-state index contributed by atoms with van der Waals surface area (Å²) in [6.07, 6.45) is 1.67. The molecule has 0 aliphatic heterocycles. The van der Waals surface area contributed by atoms with Gasteiger partial charge < -0.3 is 5.32 Å². The minimum atomic E-state index is -0.401. The predicted molar refractivity (Wildman–Crippen MR) is 77.6 cm³/mol. The molecule has 1 N–H and O–H groups in total. The fraction of sp³-hybridized carbons (Fsp3) is 0.200. The second-order valence-corrected chi connectivity index (χ2v) is 4.77. The van der Waals surface area contributed by atoms with Gasteiger partial charge in [-0.3, -0.25) is 4.79 Å². The van der Waals surface area contributed by atoms with Crippen LogP contribution in [0.5, 0.6) is 0 Å². The number of benzene rings is 1. The first kappa shape index (κ1) is 14.5. The molecule has 2 aromatic rings. The van der Waals surface area contributed by atoms with Gasteiger partial charge in [0.2, 0.25) is 0 Å². The van der Waals surface area contributed by atoms with Crippen LogP contribution in [0, 0.1) is 5.82 Å². The van der Waals surface area contributed by atoms with Gasteiger partial charge in [0.15, 0.2) is 0 Å². The van der Waals surface area contributed by atoms with E-state index in [9.17, 15) is 9.18 Å². The molecule has 0 radical (unpaired) electrons. The zero-order valence-electron chi connectivity index (χ0n) is 11.0. The van der Waals surface area contributed by atoms with E-state index in [0.29, 0.717) is 11.3 Å². The van der Waals surface area contributed by atoms with Crippen molar-refractivity contribution in [2.75, 3.05) is 5.32 Å². The molecule has 0 spiro atoms. The molecular formula is C15H14ClFN2O. The highest BCUT2D eigenvalue weighted by Crippen LogP contribution is 2.15. The summed E-state index contributed by atoms with van der Waals surface area (Å²) in [7, 11) is 0. The Hall–Kier alpha value is -1.94. The second kappa shape index (κ2) is 6.48. The van der Waals surface area contributed by atoms with Gasteiger partial charge in [0.25, 0.3) is 5.91 Å². The van der Waals surface area contributed by atoms with Gasteiger partial charge in [-0.2, -0.15) is 0 Å². The Morgan fingerprint density at radius 3 is 2.85 bits per heavy atom. The Morgan fingerprint density at radius 2 is 2.15 bits per heavy atom. The van der Waals surface area contributed by atoms with E-state index in [-0.39, 0.29) is 11.1 Å². The van der Waals surface area contributed by atoms with Gasteiger partial charge >= 0.3 is 0 Å². The SMILES string of the molecule is CCCc1cc(C(=O)Nc2cccc(F)c2)cc(Cl)n1. The number of nitrogens with zero attached hydrogens (tertiary/aromatic N) is 1. The van der Waals surface area contributed by atoms with E-state index in [4.69, 9.17) is 11.6 Å². The topological polar surface area (TPSA) is 42.0 Å². The van der Waals surface area contributed by atoms with Crippen LogP contribution in [0.3, 0.4) is 0 Å². The molecule has 0 aliphatic carbocycles. The summed E-state index contributed by atoms with van der Waals surface area (Å²) in [6, 6.07) is 8.93. The smallest absolute Gasteiger partial charge is 0.255 e. The largest absolute Gasteiger partial charge is 0.322 e. The van der Waals surface area contributed by atoms with Crippen LogP contribution in [0.25, 0.3) is 0 Å². The molecule has 0 saturated carbocycles. The summed E-state index contributed by atoms with van der Waals surface area (Å²) in [5, 5.41) is 2.91. The Morgan fingerprint density at radius 1 is 1.35 bits per heavy atom. The summed E-state index contributed by atoms with van der Waals surface area (Å²) in [5.74, 6) is -0.737. The number of carbonyl (C=O) groups is 1. The van der Waals surface area contributed by atoms with Crippen LogP contribution in [0.15, 0.2) is 36.4 Å². The van der Waals surface area contributed by atoms with Gasteiger partial charge in [-0.15, -0.1) is 0 Å². The number of rotatable bonds is 4. The van der Waals surface area contributed by atoms with E-state index in [1.54, 1.807) is 12.1 Å². The Kier molecular flexibility index (Phi) is 4.69. The van der Waals surface area contributed by atoms with Gasteiger partial charge in [0.1, 0.15) is 11.0 Å². The van der Waals surface area contributed by atoms with Crippen molar-refractivity contribution < 1.29 is 9.18 Å². The minimum Gasteiger partial charge on any atom is -0.322 e. The predicted octanol–water partition coefficient (Wildman–Crippen LogP) is 4.08. The van der Waals surface area contributed by atoms with Gasteiger partial charge in [-0.1, -0.05) is 31.0 Å². The Labute approximate surface area is 121 Å². The van der Waals surface area contributed by atoms with Crippen LogP contribution >= 0.6 is 11.6 Å². The molecule has 0 fully saturated rings. The van der Waals surface area contributed by atoms with Crippen molar-refractivity contribution >= 4 is 23.2 Å². The lowest BCUT2D eigenvalue weighted by atomic mass is 10.1. The number of pyridine rings is 1. The highest BCUT2D eigenvalue weighted by molar-refractivity contribution is 6.29. The third-order valence-corrected chi connectivity index (χ3v) is 2.89.